The lowest BCUT2D eigenvalue weighted by molar-refractivity contribution is -0.130. The lowest BCUT2D eigenvalue weighted by Gasteiger charge is -2.17. The predicted molar refractivity (Wildman–Crippen MR) is 139 cm³/mol. The lowest BCUT2D eigenvalue weighted by Crippen LogP contribution is -2.38. The van der Waals surface area contributed by atoms with E-state index in [1.807, 2.05) is 0 Å². The molecule has 0 saturated heterocycles. The Balaban J connectivity index is 3.57. The molecule has 0 aromatic rings. The van der Waals surface area contributed by atoms with Crippen LogP contribution in [0.2, 0.25) is 0 Å². The van der Waals surface area contributed by atoms with E-state index >= 15 is 0 Å². The van der Waals surface area contributed by atoms with E-state index in [-0.39, 0.29) is 25.5 Å². The van der Waals surface area contributed by atoms with Crippen molar-refractivity contribution in [2.45, 2.75) is 96.8 Å². The average Bonchev–Trinajstić information content (AvgIpc) is 2.86. The molecule has 0 saturated carbocycles. The standard InChI is InChI=1S/C27H51NO8/c1-2-3-4-5-6-7-8-9-10-11-12-13-15-26(30)28(27(31)32)16-19-34-21-23-36-25-24-35-22-20-33-18-14-17-29/h17H,2-16,18-25H2,1H3,(H,31,32). The predicted octanol–water partition coefficient (Wildman–Crippen LogP) is 5.24. The van der Waals surface area contributed by atoms with Gasteiger partial charge in [0.2, 0.25) is 5.91 Å². The van der Waals surface area contributed by atoms with Crippen molar-refractivity contribution in [3.05, 3.63) is 0 Å². The van der Waals surface area contributed by atoms with Gasteiger partial charge in [-0.3, -0.25) is 4.79 Å². The summed E-state index contributed by atoms with van der Waals surface area (Å²) in [6, 6.07) is 0. The third kappa shape index (κ3) is 24.2. The van der Waals surface area contributed by atoms with Gasteiger partial charge in [0, 0.05) is 12.8 Å². The third-order valence-electron chi connectivity index (χ3n) is 5.73. The molecule has 0 aliphatic heterocycles. The number of ether oxygens (including phenoxy) is 4. The molecule has 0 aromatic heterocycles. The van der Waals surface area contributed by atoms with Crippen LogP contribution in [0.3, 0.4) is 0 Å². The maximum atomic E-state index is 12.3. The molecule has 0 heterocycles. The van der Waals surface area contributed by atoms with Gasteiger partial charge in [0.05, 0.1) is 59.4 Å². The first-order valence-corrected chi connectivity index (χ1v) is 13.9. The van der Waals surface area contributed by atoms with Crippen molar-refractivity contribution in [1.82, 2.24) is 4.90 Å². The topological polar surface area (TPSA) is 112 Å². The molecule has 212 valence electrons. The number of unbranched alkanes of at least 4 members (excludes halogenated alkanes) is 11. The Morgan fingerprint density at radius 1 is 0.639 bits per heavy atom. The summed E-state index contributed by atoms with van der Waals surface area (Å²) in [7, 11) is 0. The molecular formula is C27H51NO8. The number of aldehydes is 1. The number of imide groups is 1. The van der Waals surface area contributed by atoms with Crippen molar-refractivity contribution in [3.8, 4) is 0 Å². The normalized spacial score (nSPS) is 11.0. The fourth-order valence-corrected chi connectivity index (χ4v) is 3.63. The number of carbonyl (C=O) groups is 3. The van der Waals surface area contributed by atoms with Gasteiger partial charge < -0.3 is 28.8 Å². The zero-order valence-corrected chi connectivity index (χ0v) is 22.6. The Labute approximate surface area is 218 Å². The monoisotopic (exact) mass is 517 g/mol. The number of nitrogens with zero attached hydrogens (tertiary/aromatic N) is 1. The molecule has 2 amide bonds. The van der Waals surface area contributed by atoms with Gasteiger partial charge in [-0.05, 0) is 6.42 Å². The zero-order chi connectivity index (χ0) is 26.5. The maximum absolute atomic E-state index is 12.3. The Hall–Kier alpha value is -1.55. The highest BCUT2D eigenvalue weighted by Crippen LogP contribution is 2.13. The van der Waals surface area contributed by atoms with Crippen molar-refractivity contribution in [1.29, 1.82) is 0 Å². The molecular weight excluding hydrogens is 466 g/mol. The number of hydrogen-bond acceptors (Lipinski definition) is 7. The first-order chi connectivity index (χ1) is 17.6. The molecule has 0 aliphatic carbocycles. The molecule has 0 rings (SSSR count). The molecule has 0 fully saturated rings. The molecule has 36 heavy (non-hydrogen) atoms. The molecule has 0 aromatic carbocycles. The lowest BCUT2D eigenvalue weighted by atomic mass is 10.0. The summed E-state index contributed by atoms with van der Waals surface area (Å²) in [5.41, 5.74) is 0. The molecule has 1 N–H and O–H groups in total. The molecule has 9 nitrogen and oxygen atoms in total. The Kier molecular flexibility index (Phi) is 26.8. The summed E-state index contributed by atoms with van der Waals surface area (Å²) in [6.45, 7) is 5.22. The van der Waals surface area contributed by atoms with Gasteiger partial charge in [-0.1, -0.05) is 77.6 Å². The minimum Gasteiger partial charge on any atom is -0.465 e. The van der Waals surface area contributed by atoms with E-state index in [0.29, 0.717) is 52.7 Å². The number of carbonyl (C=O) groups excluding carboxylic acids is 2. The van der Waals surface area contributed by atoms with E-state index < -0.39 is 6.09 Å². The van der Waals surface area contributed by atoms with Crippen LogP contribution >= 0.6 is 0 Å². The Morgan fingerprint density at radius 3 is 1.50 bits per heavy atom. The van der Waals surface area contributed by atoms with E-state index in [2.05, 4.69) is 6.92 Å². The van der Waals surface area contributed by atoms with Crippen LogP contribution in [0.25, 0.3) is 0 Å². The van der Waals surface area contributed by atoms with Crippen LogP contribution in [0.4, 0.5) is 4.79 Å². The molecule has 9 heteroatoms. The van der Waals surface area contributed by atoms with Gasteiger partial charge in [0.1, 0.15) is 6.29 Å². The average molecular weight is 518 g/mol. The number of hydrogen-bond donors (Lipinski definition) is 1. The Bertz CT molecular complexity index is 518. The van der Waals surface area contributed by atoms with Crippen LogP contribution < -0.4 is 0 Å². The second-order valence-corrected chi connectivity index (χ2v) is 8.87. The summed E-state index contributed by atoms with van der Waals surface area (Å²) in [6.07, 6.45) is 14.7. The van der Waals surface area contributed by atoms with Crippen LogP contribution in [-0.2, 0) is 28.5 Å². The van der Waals surface area contributed by atoms with Crippen molar-refractivity contribution in [3.63, 3.8) is 0 Å². The summed E-state index contributed by atoms with van der Waals surface area (Å²) >= 11 is 0. The van der Waals surface area contributed by atoms with Crippen molar-refractivity contribution in [2.75, 3.05) is 59.4 Å². The number of rotatable bonds is 28. The van der Waals surface area contributed by atoms with Gasteiger partial charge >= 0.3 is 6.09 Å². The minimum atomic E-state index is -1.23. The van der Waals surface area contributed by atoms with Crippen LogP contribution in [-0.4, -0.2) is 87.7 Å². The van der Waals surface area contributed by atoms with Crippen LogP contribution in [0.1, 0.15) is 96.8 Å². The fourth-order valence-electron chi connectivity index (χ4n) is 3.63. The number of carboxylic acid groups (broad SMARTS) is 1. The van der Waals surface area contributed by atoms with Crippen molar-refractivity contribution < 1.29 is 38.4 Å². The SMILES string of the molecule is CCCCCCCCCCCCCCC(=O)N(CCOCCOCCOCCOCCC=O)C(=O)O. The first kappa shape index (κ1) is 34.5. The molecule has 0 unspecified atom stereocenters. The molecule has 0 spiro atoms. The van der Waals surface area contributed by atoms with E-state index in [1.165, 1.54) is 57.8 Å². The van der Waals surface area contributed by atoms with E-state index in [1.54, 1.807) is 0 Å². The molecule has 0 aliphatic rings. The summed E-state index contributed by atoms with van der Waals surface area (Å²) < 4.78 is 21.3. The quantitative estimate of drug-likeness (QED) is 0.111. The molecule has 0 radical (unpaired) electrons. The summed E-state index contributed by atoms with van der Waals surface area (Å²) in [4.78, 5) is 34.7. The zero-order valence-electron chi connectivity index (χ0n) is 22.6. The van der Waals surface area contributed by atoms with Crippen molar-refractivity contribution in [2.24, 2.45) is 0 Å². The summed E-state index contributed by atoms with van der Waals surface area (Å²) in [5.74, 6) is -0.360. The van der Waals surface area contributed by atoms with Crippen molar-refractivity contribution >= 4 is 18.3 Å². The van der Waals surface area contributed by atoms with Crippen LogP contribution in [0.15, 0.2) is 0 Å². The van der Waals surface area contributed by atoms with E-state index in [0.717, 1.165) is 30.4 Å². The smallest absolute Gasteiger partial charge is 0.414 e. The van der Waals surface area contributed by atoms with Crippen LogP contribution in [0.5, 0.6) is 0 Å². The first-order valence-electron chi connectivity index (χ1n) is 13.9. The van der Waals surface area contributed by atoms with Gasteiger partial charge in [-0.15, -0.1) is 0 Å². The fraction of sp³-hybridized carbons (Fsp3) is 0.889. The Morgan fingerprint density at radius 2 is 1.06 bits per heavy atom. The molecule has 0 bridgehead atoms. The second kappa shape index (κ2) is 28.0. The minimum absolute atomic E-state index is 0.0274. The highest BCUT2D eigenvalue weighted by Gasteiger charge is 2.19. The van der Waals surface area contributed by atoms with Gasteiger partial charge in [0.25, 0.3) is 0 Å². The van der Waals surface area contributed by atoms with Crippen LogP contribution in [0, 0.1) is 0 Å². The van der Waals surface area contributed by atoms with Gasteiger partial charge in [0.15, 0.2) is 0 Å². The summed E-state index contributed by atoms with van der Waals surface area (Å²) in [5, 5.41) is 9.33. The second-order valence-electron chi connectivity index (χ2n) is 8.87. The largest absolute Gasteiger partial charge is 0.465 e. The number of amides is 2. The van der Waals surface area contributed by atoms with Gasteiger partial charge in [-0.2, -0.15) is 0 Å². The molecule has 0 atom stereocenters. The third-order valence-corrected chi connectivity index (χ3v) is 5.73. The highest BCUT2D eigenvalue weighted by atomic mass is 16.6. The highest BCUT2D eigenvalue weighted by molar-refractivity contribution is 5.91. The maximum Gasteiger partial charge on any atom is 0.414 e. The van der Waals surface area contributed by atoms with E-state index in [9.17, 15) is 19.5 Å². The van der Waals surface area contributed by atoms with E-state index in [4.69, 9.17) is 18.9 Å². The van der Waals surface area contributed by atoms with Gasteiger partial charge in [-0.25, -0.2) is 9.69 Å².